The Morgan fingerprint density at radius 1 is 1.43 bits per heavy atom. The molecule has 0 saturated carbocycles. The molecule has 1 aliphatic rings. The van der Waals surface area contributed by atoms with Crippen LogP contribution in [0.2, 0.25) is 10.0 Å². The van der Waals surface area contributed by atoms with Gasteiger partial charge in [0.1, 0.15) is 6.61 Å². The number of benzene rings is 1. The summed E-state index contributed by atoms with van der Waals surface area (Å²) in [7, 11) is 0. The number of halogens is 2. The third kappa shape index (κ3) is 4.22. The first-order valence-electron chi connectivity index (χ1n) is 7.06. The number of ether oxygens (including phenoxy) is 1. The molecular formula is C16H17Cl2NO3S. The van der Waals surface area contributed by atoms with Gasteiger partial charge in [-0.3, -0.25) is 4.79 Å². The van der Waals surface area contributed by atoms with Crippen molar-refractivity contribution < 1.29 is 14.3 Å². The van der Waals surface area contributed by atoms with Crippen LogP contribution >= 0.6 is 35.0 Å². The van der Waals surface area contributed by atoms with Crippen LogP contribution in [0.1, 0.15) is 24.8 Å². The van der Waals surface area contributed by atoms with Gasteiger partial charge in [-0.2, -0.15) is 11.8 Å². The Morgan fingerprint density at radius 2 is 2.17 bits per heavy atom. The zero-order chi connectivity index (χ0) is 17.0. The van der Waals surface area contributed by atoms with Crippen LogP contribution in [-0.4, -0.2) is 30.5 Å². The Kier molecular flexibility index (Phi) is 6.39. The number of carbonyl (C=O) groups is 2. The van der Waals surface area contributed by atoms with Crippen LogP contribution in [0.25, 0.3) is 0 Å². The molecule has 1 aliphatic heterocycles. The van der Waals surface area contributed by atoms with E-state index in [-0.39, 0.29) is 12.3 Å². The van der Waals surface area contributed by atoms with E-state index in [1.54, 1.807) is 36.9 Å². The minimum atomic E-state index is -0.461. The summed E-state index contributed by atoms with van der Waals surface area (Å²) in [5.74, 6) is -0.342. The molecule has 0 radical (unpaired) electrons. The lowest BCUT2D eigenvalue weighted by atomic mass is 9.84. The summed E-state index contributed by atoms with van der Waals surface area (Å²) in [6.07, 6.45) is 2.07. The van der Waals surface area contributed by atoms with Crippen molar-refractivity contribution in [3.63, 3.8) is 0 Å². The van der Waals surface area contributed by atoms with Crippen molar-refractivity contribution >= 4 is 46.8 Å². The number of esters is 1. The Bertz CT molecular complexity index is 661. The summed E-state index contributed by atoms with van der Waals surface area (Å²) < 4.78 is 5.30. The summed E-state index contributed by atoms with van der Waals surface area (Å²) >= 11 is 13.9. The molecule has 124 valence electrons. The van der Waals surface area contributed by atoms with Gasteiger partial charge in [-0.15, -0.1) is 0 Å². The van der Waals surface area contributed by atoms with E-state index < -0.39 is 11.9 Å². The van der Waals surface area contributed by atoms with Gasteiger partial charge >= 0.3 is 5.97 Å². The summed E-state index contributed by atoms with van der Waals surface area (Å²) in [5.41, 5.74) is 1.58. The summed E-state index contributed by atoms with van der Waals surface area (Å²) in [6.45, 7) is 2.01. The van der Waals surface area contributed by atoms with Crippen molar-refractivity contribution in [2.75, 3.05) is 18.6 Å². The minimum Gasteiger partial charge on any atom is -0.461 e. The number of thioether (sulfide) groups is 1. The molecule has 1 aromatic rings. The molecule has 0 unspecified atom stereocenters. The lowest BCUT2D eigenvalue weighted by molar-refractivity contribution is -0.139. The Hall–Kier alpha value is -1.17. The predicted octanol–water partition coefficient (Wildman–Crippen LogP) is 3.78. The van der Waals surface area contributed by atoms with Gasteiger partial charge in [-0.25, -0.2) is 4.79 Å². The van der Waals surface area contributed by atoms with Crippen LogP contribution in [0.4, 0.5) is 0 Å². The predicted molar refractivity (Wildman–Crippen MR) is 94.0 cm³/mol. The van der Waals surface area contributed by atoms with Crippen molar-refractivity contribution in [1.29, 1.82) is 0 Å². The lowest BCUT2D eigenvalue weighted by Gasteiger charge is -2.27. The molecule has 1 N–H and O–H groups in total. The second-order valence-corrected chi connectivity index (χ2v) is 6.89. The number of hydrogen-bond donors (Lipinski definition) is 1. The molecule has 0 fully saturated rings. The fourth-order valence-corrected chi connectivity index (χ4v) is 3.21. The SMILES string of the molecule is CSCCOC(=O)C1=C(C)NC(=O)C[C@H]1c1cccc(Cl)c1Cl. The summed E-state index contributed by atoms with van der Waals surface area (Å²) in [4.78, 5) is 24.4. The molecule has 4 nitrogen and oxygen atoms in total. The molecule has 0 aliphatic carbocycles. The second-order valence-electron chi connectivity index (χ2n) is 5.12. The van der Waals surface area contributed by atoms with Gasteiger partial charge in [-0.1, -0.05) is 35.3 Å². The quantitative estimate of drug-likeness (QED) is 0.630. The maximum absolute atomic E-state index is 12.5. The van der Waals surface area contributed by atoms with Crippen LogP contribution in [-0.2, 0) is 14.3 Å². The molecule has 0 aromatic heterocycles. The van der Waals surface area contributed by atoms with Gasteiger partial charge in [0.25, 0.3) is 0 Å². The van der Waals surface area contributed by atoms with Crippen molar-refractivity contribution in [2.45, 2.75) is 19.3 Å². The summed E-state index contributed by atoms with van der Waals surface area (Å²) in [6, 6.07) is 5.20. The van der Waals surface area contributed by atoms with Gasteiger partial charge in [0.2, 0.25) is 5.91 Å². The van der Waals surface area contributed by atoms with Gasteiger partial charge < -0.3 is 10.1 Å². The first-order valence-corrected chi connectivity index (χ1v) is 9.21. The largest absolute Gasteiger partial charge is 0.461 e. The first-order chi connectivity index (χ1) is 11.0. The molecule has 0 bridgehead atoms. The molecule has 0 saturated heterocycles. The van der Waals surface area contributed by atoms with Crippen LogP contribution in [0.15, 0.2) is 29.5 Å². The van der Waals surface area contributed by atoms with E-state index in [0.717, 1.165) is 0 Å². The molecular weight excluding hydrogens is 357 g/mol. The average molecular weight is 374 g/mol. The van der Waals surface area contributed by atoms with Gasteiger partial charge in [-0.05, 0) is 24.8 Å². The molecule has 1 atom stereocenters. The van der Waals surface area contributed by atoms with E-state index in [0.29, 0.717) is 39.2 Å². The fraction of sp³-hybridized carbons (Fsp3) is 0.375. The van der Waals surface area contributed by atoms with Crippen molar-refractivity contribution in [3.8, 4) is 0 Å². The fourth-order valence-electron chi connectivity index (χ4n) is 2.52. The molecule has 1 amide bonds. The highest BCUT2D eigenvalue weighted by Gasteiger charge is 2.34. The van der Waals surface area contributed by atoms with E-state index in [9.17, 15) is 9.59 Å². The van der Waals surface area contributed by atoms with Gasteiger partial charge in [0, 0.05) is 23.8 Å². The van der Waals surface area contributed by atoms with E-state index >= 15 is 0 Å². The number of allylic oxidation sites excluding steroid dienone is 1. The maximum atomic E-state index is 12.5. The second kappa shape index (κ2) is 8.08. The third-order valence-electron chi connectivity index (χ3n) is 3.57. The van der Waals surface area contributed by atoms with Crippen molar-refractivity contribution in [1.82, 2.24) is 5.32 Å². The van der Waals surface area contributed by atoms with E-state index in [4.69, 9.17) is 27.9 Å². The summed E-state index contributed by atoms with van der Waals surface area (Å²) in [5, 5.41) is 3.44. The van der Waals surface area contributed by atoms with Crippen LogP contribution in [0, 0.1) is 0 Å². The Labute approximate surface area is 149 Å². The molecule has 23 heavy (non-hydrogen) atoms. The van der Waals surface area contributed by atoms with Crippen molar-refractivity contribution in [3.05, 3.63) is 45.1 Å². The highest BCUT2D eigenvalue weighted by atomic mass is 35.5. The topological polar surface area (TPSA) is 55.4 Å². The first kappa shape index (κ1) is 18.2. The minimum absolute atomic E-state index is 0.129. The monoisotopic (exact) mass is 373 g/mol. The standard InChI is InChI=1S/C16H17Cl2NO3S/c1-9-14(16(21)22-6-7-23-2)11(8-13(20)19-9)10-4-3-5-12(17)15(10)18/h3-5,11H,6-8H2,1-2H3,(H,19,20)/t11-/m0/s1. The highest BCUT2D eigenvalue weighted by molar-refractivity contribution is 7.98. The zero-order valence-corrected chi connectivity index (χ0v) is 15.1. The molecule has 1 heterocycles. The zero-order valence-electron chi connectivity index (χ0n) is 12.8. The maximum Gasteiger partial charge on any atom is 0.336 e. The van der Waals surface area contributed by atoms with E-state index in [2.05, 4.69) is 5.32 Å². The van der Waals surface area contributed by atoms with E-state index in [1.165, 1.54) is 0 Å². The number of carbonyl (C=O) groups excluding carboxylic acids is 2. The number of hydrogen-bond acceptors (Lipinski definition) is 4. The Morgan fingerprint density at radius 3 is 2.87 bits per heavy atom. The molecule has 1 aromatic carbocycles. The number of rotatable bonds is 5. The van der Waals surface area contributed by atoms with Crippen LogP contribution < -0.4 is 5.32 Å². The third-order valence-corrected chi connectivity index (χ3v) is 4.97. The molecule has 2 rings (SSSR count). The Balaban J connectivity index is 2.38. The van der Waals surface area contributed by atoms with E-state index in [1.807, 2.05) is 6.26 Å². The normalized spacial score (nSPS) is 17.9. The van der Waals surface area contributed by atoms with Crippen LogP contribution in [0.3, 0.4) is 0 Å². The average Bonchev–Trinajstić information content (AvgIpc) is 2.49. The van der Waals surface area contributed by atoms with Gasteiger partial charge in [0.05, 0.1) is 15.6 Å². The number of nitrogens with one attached hydrogen (secondary N) is 1. The molecule has 7 heteroatoms. The number of amides is 1. The van der Waals surface area contributed by atoms with Crippen LogP contribution in [0.5, 0.6) is 0 Å². The smallest absolute Gasteiger partial charge is 0.336 e. The molecule has 0 spiro atoms. The highest BCUT2D eigenvalue weighted by Crippen LogP contribution is 2.39. The lowest BCUT2D eigenvalue weighted by Crippen LogP contribution is -2.34. The van der Waals surface area contributed by atoms with Gasteiger partial charge in [0.15, 0.2) is 0 Å². The van der Waals surface area contributed by atoms with Crippen molar-refractivity contribution in [2.24, 2.45) is 0 Å².